The van der Waals surface area contributed by atoms with E-state index >= 15 is 0 Å². The Morgan fingerprint density at radius 3 is 2.74 bits per heavy atom. The number of hydrogen-bond donors (Lipinski definition) is 1. The fourth-order valence-corrected chi connectivity index (χ4v) is 5.24. The van der Waals surface area contributed by atoms with E-state index in [4.69, 9.17) is 0 Å². The molecule has 1 aliphatic rings. The first-order valence-electron chi connectivity index (χ1n) is 7.44. The van der Waals surface area contributed by atoms with Crippen molar-refractivity contribution in [3.8, 4) is 10.6 Å². The van der Waals surface area contributed by atoms with Gasteiger partial charge in [-0.05, 0) is 19.3 Å². The summed E-state index contributed by atoms with van der Waals surface area (Å²) in [5.41, 5.74) is 2.54. The van der Waals surface area contributed by atoms with Gasteiger partial charge in [0.2, 0.25) is 0 Å². The number of carbonyl (C=O) groups is 1. The molecule has 5 nitrogen and oxygen atoms in total. The second kappa shape index (κ2) is 6.41. The molecule has 1 aliphatic heterocycles. The summed E-state index contributed by atoms with van der Waals surface area (Å²) in [6, 6.07) is 7.99. The molecule has 7 heteroatoms. The van der Waals surface area contributed by atoms with Gasteiger partial charge in [-0.15, -0.1) is 11.3 Å². The van der Waals surface area contributed by atoms with E-state index in [0.717, 1.165) is 10.6 Å². The van der Waals surface area contributed by atoms with Crippen LogP contribution in [0.3, 0.4) is 0 Å². The second-order valence-electron chi connectivity index (χ2n) is 5.88. The van der Waals surface area contributed by atoms with Gasteiger partial charge in [0.1, 0.15) is 10.7 Å². The number of aryl methyl sites for hydroxylation is 1. The van der Waals surface area contributed by atoms with Gasteiger partial charge < -0.3 is 5.32 Å². The number of aromatic nitrogens is 1. The molecular weight excluding hydrogens is 332 g/mol. The highest BCUT2D eigenvalue weighted by molar-refractivity contribution is 7.91. The van der Waals surface area contributed by atoms with Gasteiger partial charge in [0, 0.05) is 17.5 Å². The first-order chi connectivity index (χ1) is 10.9. The molecule has 1 aromatic heterocycles. The van der Waals surface area contributed by atoms with Gasteiger partial charge >= 0.3 is 0 Å². The smallest absolute Gasteiger partial charge is 0.270 e. The Bertz CT molecular complexity index is 810. The molecule has 1 amide bonds. The highest BCUT2D eigenvalue weighted by Crippen LogP contribution is 2.24. The van der Waals surface area contributed by atoms with Crippen LogP contribution in [0.4, 0.5) is 0 Å². The van der Waals surface area contributed by atoms with Crippen molar-refractivity contribution in [2.24, 2.45) is 5.92 Å². The number of carbonyl (C=O) groups excluding carboxylic acids is 1. The van der Waals surface area contributed by atoms with Gasteiger partial charge in [-0.2, -0.15) is 0 Å². The summed E-state index contributed by atoms with van der Waals surface area (Å²) in [6.45, 7) is 2.41. The molecule has 1 N–H and O–H groups in total. The lowest BCUT2D eigenvalue weighted by molar-refractivity contribution is 0.0944. The minimum atomic E-state index is -2.91. The Kier molecular flexibility index (Phi) is 4.50. The van der Waals surface area contributed by atoms with Gasteiger partial charge in [-0.1, -0.05) is 29.8 Å². The Hall–Kier alpha value is -1.73. The normalized spacial score (nSPS) is 19.6. The van der Waals surface area contributed by atoms with Gasteiger partial charge in [0.25, 0.3) is 5.91 Å². The SMILES string of the molecule is Cc1ccc(-c2nc(C(=O)NCC3CCS(=O)(=O)C3)cs2)cc1. The zero-order valence-corrected chi connectivity index (χ0v) is 14.4. The van der Waals surface area contributed by atoms with Crippen molar-refractivity contribution >= 4 is 27.1 Å². The predicted molar refractivity (Wildman–Crippen MR) is 91.4 cm³/mol. The average Bonchev–Trinajstić information content (AvgIpc) is 3.12. The van der Waals surface area contributed by atoms with E-state index in [2.05, 4.69) is 10.3 Å². The van der Waals surface area contributed by atoms with Crippen LogP contribution in [-0.4, -0.2) is 37.4 Å². The highest BCUT2D eigenvalue weighted by Gasteiger charge is 2.28. The van der Waals surface area contributed by atoms with Crippen molar-refractivity contribution in [2.45, 2.75) is 13.3 Å². The lowest BCUT2D eigenvalue weighted by Gasteiger charge is -2.08. The van der Waals surface area contributed by atoms with Crippen LogP contribution >= 0.6 is 11.3 Å². The van der Waals surface area contributed by atoms with Gasteiger partial charge in [-0.25, -0.2) is 13.4 Å². The van der Waals surface area contributed by atoms with Crippen molar-refractivity contribution in [2.75, 3.05) is 18.1 Å². The molecule has 3 rings (SSSR count). The molecular formula is C16H18N2O3S2. The number of hydrogen-bond acceptors (Lipinski definition) is 5. The van der Waals surface area contributed by atoms with E-state index in [0.29, 0.717) is 18.7 Å². The zero-order valence-electron chi connectivity index (χ0n) is 12.8. The van der Waals surface area contributed by atoms with Crippen LogP contribution in [0.15, 0.2) is 29.6 Å². The Morgan fingerprint density at radius 1 is 1.35 bits per heavy atom. The van der Waals surface area contributed by atoms with Crippen LogP contribution in [0.5, 0.6) is 0 Å². The van der Waals surface area contributed by atoms with Gasteiger partial charge in [0.15, 0.2) is 9.84 Å². The lowest BCUT2D eigenvalue weighted by atomic mass is 10.1. The fourth-order valence-electron chi connectivity index (χ4n) is 2.57. The van der Waals surface area contributed by atoms with Crippen LogP contribution < -0.4 is 5.32 Å². The summed E-state index contributed by atoms with van der Waals surface area (Å²) in [5.74, 6) is 0.156. The third-order valence-corrected chi connectivity index (χ3v) is 6.64. The number of nitrogens with zero attached hydrogens (tertiary/aromatic N) is 1. The van der Waals surface area contributed by atoms with Crippen LogP contribution in [0.1, 0.15) is 22.5 Å². The van der Waals surface area contributed by atoms with Crippen LogP contribution in [0.25, 0.3) is 10.6 Å². The summed E-state index contributed by atoms with van der Waals surface area (Å²) in [5, 5.41) is 5.33. The summed E-state index contributed by atoms with van der Waals surface area (Å²) >= 11 is 1.43. The topological polar surface area (TPSA) is 76.1 Å². The standard InChI is InChI=1S/C16H18N2O3S2/c1-11-2-4-13(5-3-11)16-18-14(9-22-16)15(19)17-8-12-6-7-23(20,21)10-12/h2-5,9,12H,6-8,10H2,1H3,(H,17,19). The van der Waals surface area contributed by atoms with Crippen LogP contribution in [-0.2, 0) is 9.84 Å². The summed E-state index contributed by atoms with van der Waals surface area (Å²) in [4.78, 5) is 16.5. The fraction of sp³-hybridized carbons (Fsp3) is 0.375. The van der Waals surface area contributed by atoms with E-state index in [-0.39, 0.29) is 23.3 Å². The maximum absolute atomic E-state index is 12.1. The summed E-state index contributed by atoms with van der Waals surface area (Å²) < 4.78 is 22.8. The number of rotatable bonds is 4. The molecule has 1 saturated heterocycles. The van der Waals surface area contributed by atoms with Gasteiger partial charge in [-0.3, -0.25) is 4.79 Å². The van der Waals surface area contributed by atoms with Crippen molar-refractivity contribution in [1.82, 2.24) is 10.3 Å². The van der Waals surface area contributed by atoms with Crippen LogP contribution in [0.2, 0.25) is 0 Å². The number of sulfone groups is 1. The number of nitrogens with one attached hydrogen (secondary N) is 1. The average molecular weight is 350 g/mol. The largest absolute Gasteiger partial charge is 0.350 e. The Labute approximate surface area is 139 Å². The summed E-state index contributed by atoms with van der Waals surface area (Å²) in [7, 11) is -2.91. The van der Waals surface area contributed by atoms with E-state index in [9.17, 15) is 13.2 Å². The Balaban J connectivity index is 1.61. The molecule has 0 saturated carbocycles. The molecule has 0 aliphatic carbocycles. The lowest BCUT2D eigenvalue weighted by Crippen LogP contribution is -2.30. The molecule has 1 fully saturated rings. The highest BCUT2D eigenvalue weighted by atomic mass is 32.2. The number of amides is 1. The second-order valence-corrected chi connectivity index (χ2v) is 8.97. The van der Waals surface area contributed by atoms with E-state index < -0.39 is 9.84 Å². The van der Waals surface area contributed by atoms with Crippen LogP contribution in [0, 0.1) is 12.8 Å². The molecule has 1 aromatic carbocycles. The molecule has 0 bridgehead atoms. The van der Waals surface area contributed by atoms with E-state index in [1.54, 1.807) is 5.38 Å². The molecule has 2 heterocycles. The predicted octanol–water partition coefficient (Wildman–Crippen LogP) is 2.28. The Morgan fingerprint density at radius 2 is 2.09 bits per heavy atom. The van der Waals surface area contributed by atoms with Crippen molar-refractivity contribution in [3.05, 3.63) is 40.9 Å². The maximum Gasteiger partial charge on any atom is 0.270 e. The van der Waals surface area contributed by atoms with Crippen molar-refractivity contribution < 1.29 is 13.2 Å². The molecule has 1 unspecified atom stereocenters. The quantitative estimate of drug-likeness (QED) is 0.918. The minimum Gasteiger partial charge on any atom is -0.350 e. The molecule has 1 atom stereocenters. The third-order valence-electron chi connectivity index (χ3n) is 3.91. The molecule has 2 aromatic rings. The van der Waals surface area contributed by atoms with Gasteiger partial charge in [0.05, 0.1) is 11.5 Å². The third kappa shape index (κ3) is 3.97. The monoisotopic (exact) mass is 350 g/mol. The maximum atomic E-state index is 12.1. The first kappa shape index (κ1) is 16.1. The molecule has 0 radical (unpaired) electrons. The molecule has 0 spiro atoms. The van der Waals surface area contributed by atoms with Crippen molar-refractivity contribution in [3.63, 3.8) is 0 Å². The minimum absolute atomic E-state index is 0.0131. The van der Waals surface area contributed by atoms with E-state index in [1.807, 2.05) is 31.2 Å². The molecule has 122 valence electrons. The molecule has 23 heavy (non-hydrogen) atoms. The summed E-state index contributed by atoms with van der Waals surface area (Å²) in [6.07, 6.45) is 0.619. The first-order valence-corrected chi connectivity index (χ1v) is 10.1. The van der Waals surface area contributed by atoms with Crippen molar-refractivity contribution in [1.29, 1.82) is 0 Å². The number of benzene rings is 1. The number of thiazole rings is 1. The van der Waals surface area contributed by atoms with E-state index in [1.165, 1.54) is 16.9 Å². The zero-order chi connectivity index (χ0) is 16.4.